The lowest BCUT2D eigenvalue weighted by molar-refractivity contribution is 1.12. The average molecular weight is 478 g/mol. The topological polar surface area (TPSA) is 30.2 Å². The van der Waals surface area contributed by atoms with Gasteiger partial charge in [0.1, 0.15) is 0 Å². The van der Waals surface area contributed by atoms with Crippen molar-refractivity contribution in [2.75, 3.05) is 0 Å². The summed E-state index contributed by atoms with van der Waals surface area (Å²) in [6.45, 7) is 0. The molecule has 0 N–H and O–H groups in total. The van der Waals surface area contributed by atoms with Gasteiger partial charge in [-0.1, -0.05) is 103 Å². The number of benzene rings is 5. The van der Waals surface area contributed by atoms with E-state index in [1.165, 1.54) is 42.1 Å². The average Bonchev–Trinajstić information content (AvgIpc) is 3.56. The molecule has 0 saturated carbocycles. The Morgan fingerprint density at radius 3 is 2.03 bits per heavy atom. The molecule has 8 aromatic rings. The van der Waals surface area contributed by atoms with Gasteiger partial charge in [-0.25, -0.2) is 0 Å². The Morgan fingerprint density at radius 1 is 0.500 bits per heavy atom. The number of thiophene rings is 1. The summed E-state index contributed by atoms with van der Waals surface area (Å²) in [5.74, 6) is 0.860. The Morgan fingerprint density at radius 2 is 1.17 bits per heavy atom. The SMILES string of the molecule is c1ccc2c(c1)sc1c(-c3ccc(-c4nnc5c6ccccc6c6ccccc6n45)cc3)cccc12. The molecule has 0 atom stereocenters. The summed E-state index contributed by atoms with van der Waals surface area (Å²) >= 11 is 1.86. The van der Waals surface area contributed by atoms with Crippen LogP contribution in [0, 0.1) is 0 Å². The molecule has 3 aromatic heterocycles. The molecule has 0 saturated heterocycles. The Labute approximate surface area is 210 Å². The van der Waals surface area contributed by atoms with E-state index >= 15 is 0 Å². The lowest BCUT2D eigenvalue weighted by Gasteiger charge is -2.10. The molecule has 0 aliphatic heterocycles. The fourth-order valence-corrected chi connectivity index (χ4v) is 6.69. The molecule has 0 aliphatic carbocycles. The first-order valence-electron chi connectivity index (χ1n) is 12.0. The lowest BCUT2D eigenvalue weighted by Crippen LogP contribution is -1.94. The molecule has 36 heavy (non-hydrogen) atoms. The van der Waals surface area contributed by atoms with Crippen molar-refractivity contribution in [2.45, 2.75) is 0 Å². The Hall–Kier alpha value is -4.54. The van der Waals surface area contributed by atoms with Crippen LogP contribution in [0.25, 0.3) is 70.0 Å². The molecule has 0 fully saturated rings. The molecule has 0 bridgehead atoms. The minimum absolute atomic E-state index is 0.860. The second-order valence-corrected chi connectivity index (χ2v) is 10.2. The van der Waals surface area contributed by atoms with Crippen LogP contribution in [0.3, 0.4) is 0 Å². The molecule has 4 heteroatoms. The van der Waals surface area contributed by atoms with Gasteiger partial charge in [0.2, 0.25) is 0 Å². The molecule has 8 rings (SSSR count). The van der Waals surface area contributed by atoms with Crippen molar-refractivity contribution in [3.05, 3.63) is 115 Å². The van der Waals surface area contributed by atoms with E-state index < -0.39 is 0 Å². The van der Waals surface area contributed by atoms with Gasteiger partial charge in [0.15, 0.2) is 11.5 Å². The van der Waals surface area contributed by atoms with Gasteiger partial charge in [0, 0.05) is 36.5 Å². The smallest absolute Gasteiger partial charge is 0.169 e. The summed E-state index contributed by atoms with van der Waals surface area (Å²) < 4.78 is 4.85. The maximum absolute atomic E-state index is 4.66. The lowest BCUT2D eigenvalue weighted by atomic mass is 10.0. The zero-order valence-electron chi connectivity index (χ0n) is 19.2. The summed E-state index contributed by atoms with van der Waals surface area (Å²) in [6.07, 6.45) is 0. The maximum atomic E-state index is 4.66. The molecule has 3 nitrogen and oxygen atoms in total. The molecule has 0 spiro atoms. The quantitative estimate of drug-likeness (QED) is 0.233. The zero-order valence-corrected chi connectivity index (χ0v) is 20.0. The van der Waals surface area contributed by atoms with Crippen LogP contribution < -0.4 is 0 Å². The van der Waals surface area contributed by atoms with Crippen LogP contribution in [0.15, 0.2) is 115 Å². The Kier molecular flexibility index (Phi) is 4.10. The summed E-state index contributed by atoms with van der Waals surface area (Å²) in [4.78, 5) is 0. The number of pyridine rings is 1. The van der Waals surface area contributed by atoms with Crippen LogP contribution in [0.4, 0.5) is 0 Å². The first-order chi connectivity index (χ1) is 17.9. The molecule has 0 radical (unpaired) electrons. The van der Waals surface area contributed by atoms with Crippen molar-refractivity contribution in [2.24, 2.45) is 0 Å². The number of rotatable bonds is 2. The van der Waals surface area contributed by atoms with Crippen LogP contribution in [0.5, 0.6) is 0 Å². The summed E-state index contributed by atoms with van der Waals surface area (Å²) in [6, 6.07) is 40.9. The number of fused-ring (bicyclic) bond motifs is 9. The molecule has 0 unspecified atom stereocenters. The van der Waals surface area contributed by atoms with Crippen LogP contribution in [0.1, 0.15) is 0 Å². The second kappa shape index (κ2) is 7.48. The van der Waals surface area contributed by atoms with Gasteiger partial charge >= 0.3 is 0 Å². The third kappa shape index (κ3) is 2.73. The van der Waals surface area contributed by atoms with E-state index in [9.17, 15) is 0 Å². The van der Waals surface area contributed by atoms with Gasteiger partial charge in [-0.2, -0.15) is 0 Å². The molecule has 168 valence electrons. The van der Waals surface area contributed by atoms with E-state index in [1.54, 1.807) is 0 Å². The van der Waals surface area contributed by atoms with Crippen molar-refractivity contribution < 1.29 is 0 Å². The summed E-state index contributed by atoms with van der Waals surface area (Å²) in [7, 11) is 0. The van der Waals surface area contributed by atoms with E-state index in [2.05, 4.69) is 130 Å². The highest BCUT2D eigenvalue weighted by Crippen LogP contribution is 2.40. The van der Waals surface area contributed by atoms with Gasteiger partial charge in [-0.05, 0) is 28.6 Å². The molecule has 0 amide bonds. The number of aromatic nitrogens is 3. The standard InChI is InChI=1S/C32H19N3S/c1-2-11-27-23(8-1)24-9-3-5-14-28(24)35-31(33-34-32(27)35)21-18-16-20(17-19-21)22-12-7-13-26-25-10-4-6-15-29(25)36-30(22)26/h1-19H. The molecule has 0 aliphatic rings. The third-order valence-electron chi connectivity index (χ3n) is 7.12. The highest BCUT2D eigenvalue weighted by atomic mass is 32.1. The predicted octanol–water partition coefficient (Wildman–Crippen LogP) is 8.74. The van der Waals surface area contributed by atoms with Crippen molar-refractivity contribution in [3.63, 3.8) is 0 Å². The third-order valence-corrected chi connectivity index (χ3v) is 8.34. The van der Waals surface area contributed by atoms with E-state index in [4.69, 9.17) is 0 Å². The number of nitrogens with zero attached hydrogens (tertiary/aromatic N) is 3. The van der Waals surface area contributed by atoms with Gasteiger partial charge in [0.05, 0.1) is 5.52 Å². The van der Waals surface area contributed by atoms with Crippen molar-refractivity contribution >= 4 is 58.8 Å². The van der Waals surface area contributed by atoms with Gasteiger partial charge in [-0.15, -0.1) is 21.5 Å². The summed E-state index contributed by atoms with van der Waals surface area (Å²) in [5, 5.41) is 15.5. The van der Waals surface area contributed by atoms with Crippen LogP contribution >= 0.6 is 11.3 Å². The highest BCUT2D eigenvalue weighted by molar-refractivity contribution is 7.26. The second-order valence-electron chi connectivity index (χ2n) is 9.10. The first-order valence-corrected chi connectivity index (χ1v) is 12.8. The largest absolute Gasteiger partial charge is 0.274 e. The van der Waals surface area contributed by atoms with Crippen LogP contribution in [-0.4, -0.2) is 14.6 Å². The van der Waals surface area contributed by atoms with E-state index in [0.717, 1.165) is 27.9 Å². The number of para-hydroxylation sites is 1. The zero-order chi connectivity index (χ0) is 23.6. The number of hydrogen-bond donors (Lipinski definition) is 0. The van der Waals surface area contributed by atoms with Crippen LogP contribution in [-0.2, 0) is 0 Å². The van der Waals surface area contributed by atoms with Crippen LogP contribution in [0.2, 0.25) is 0 Å². The van der Waals surface area contributed by atoms with E-state index in [-0.39, 0.29) is 0 Å². The Bertz CT molecular complexity index is 2100. The van der Waals surface area contributed by atoms with Gasteiger partial charge in [-0.3, -0.25) is 4.40 Å². The minimum atomic E-state index is 0.860. The first kappa shape index (κ1) is 19.7. The van der Waals surface area contributed by atoms with E-state index in [1.807, 2.05) is 11.3 Å². The number of hydrogen-bond acceptors (Lipinski definition) is 3. The summed E-state index contributed by atoms with van der Waals surface area (Å²) in [5.41, 5.74) is 5.53. The molecular formula is C32H19N3S. The van der Waals surface area contributed by atoms with Crippen molar-refractivity contribution in [1.29, 1.82) is 0 Å². The predicted molar refractivity (Wildman–Crippen MR) is 152 cm³/mol. The Balaban J connectivity index is 1.32. The minimum Gasteiger partial charge on any atom is -0.274 e. The molecule has 3 heterocycles. The van der Waals surface area contributed by atoms with Crippen molar-refractivity contribution in [3.8, 4) is 22.5 Å². The normalized spacial score (nSPS) is 11.9. The monoisotopic (exact) mass is 477 g/mol. The molecule has 5 aromatic carbocycles. The van der Waals surface area contributed by atoms with E-state index in [0.29, 0.717) is 0 Å². The van der Waals surface area contributed by atoms with Crippen molar-refractivity contribution in [1.82, 2.24) is 14.6 Å². The fourth-order valence-electron chi connectivity index (χ4n) is 5.46. The molecular weight excluding hydrogens is 458 g/mol. The fraction of sp³-hybridized carbons (Fsp3) is 0. The van der Waals surface area contributed by atoms with Gasteiger partial charge < -0.3 is 0 Å². The maximum Gasteiger partial charge on any atom is 0.169 e. The highest BCUT2D eigenvalue weighted by Gasteiger charge is 2.16. The van der Waals surface area contributed by atoms with Gasteiger partial charge in [0.25, 0.3) is 0 Å².